The van der Waals surface area contributed by atoms with Crippen LogP contribution in [-0.4, -0.2) is 27.4 Å². The van der Waals surface area contributed by atoms with E-state index in [0.717, 1.165) is 10.0 Å². The molecular formula is C19H16BrN3O4S. The van der Waals surface area contributed by atoms with Gasteiger partial charge >= 0.3 is 0 Å². The van der Waals surface area contributed by atoms with Gasteiger partial charge in [-0.25, -0.2) is 0 Å². The monoisotopic (exact) mass is 461 g/mol. The molecule has 1 aliphatic rings. The van der Waals surface area contributed by atoms with E-state index >= 15 is 0 Å². The molecule has 7 nitrogen and oxygen atoms in total. The van der Waals surface area contributed by atoms with Crippen molar-refractivity contribution in [2.75, 3.05) is 6.54 Å². The number of non-ortho nitro benzene ring substituents is 1. The molecule has 1 saturated heterocycles. The highest BCUT2D eigenvalue weighted by atomic mass is 79.9. The molecule has 1 fully saturated rings. The number of benzene rings is 2. The maximum atomic E-state index is 12.4. The Hall–Kier alpha value is -2.78. The Kier molecular flexibility index (Phi) is 6.05. The number of nitro groups is 1. The van der Waals surface area contributed by atoms with E-state index in [1.54, 1.807) is 24.3 Å². The number of nitrogens with one attached hydrogen (secondary N) is 1. The molecule has 0 atom stereocenters. The summed E-state index contributed by atoms with van der Waals surface area (Å²) in [4.78, 5) is 24.2. The second-order valence-corrected chi connectivity index (χ2v) is 7.23. The molecule has 1 heterocycles. The zero-order valence-electron chi connectivity index (χ0n) is 14.8. The Labute approximate surface area is 175 Å². The van der Waals surface area contributed by atoms with E-state index in [1.807, 2.05) is 19.1 Å². The lowest BCUT2D eigenvalue weighted by molar-refractivity contribution is -0.384. The molecule has 0 spiro atoms. The number of hydrogen-bond acceptors (Lipinski definition) is 5. The van der Waals surface area contributed by atoms with Crippen LogP contribution in [0.25, 0.3) is 6.08 Å². The van der Waals surface area contributed by atoms with Gasteiger partial charge in [-0.05, 0) is 61.1 Å². The number of nitrogens with zero attached hydrogens (tertiary/aromatic N) is 2. The Morgan fingerprint density at radius 3 is 2.61 bits per heavy atom. The smallest absolute Gasteiger partial charge is 0.276 e. The second kappa shape index (κ2) is 8.49. The van der Waals surface area contributed by atoms with Crippen LogP contribution in [0.15, 0.2) is 52.6 Å². The number of amides is 1. The van der Waals surface area contributed by atoms with Gasteiger partial charge in [0.1, 0.15) is 18.1 Å². The van der Waals surface area contributed by atoms with E-state index < -0.39 is 4.92 Å². The Bertz CT molecular complexity index is 976. The second-order valence-electron chi connectivity index (χ2n) is 5.93. The minimum Gasteiger partial charge on any atom is -0.488 e. The van der Waals surface area contributed by atoms with Crippen molar-refractivity contribution in [1.82, 2.24) is 10.2 Å². The fourth-order valence-electron chi connectivity index (χ4n) is 2.65. The Balaban J connectivity index is 1.81. The molecule has 28 heavy (non-hydrogen) atoms. The van der Waals surface area contributed by atoms with Crippen LogP contribution in [0, 0.1) is 10.1 Å². The molecule has 1 amide bonds. The molecule has 0 unspecified atom stereocenters. The van der Waals surface area contributed by atoms with Gasteiger partial charge in [0.05, 0.1) is 4.92 Å². The Morgan fingerprint density at radius 2 is 2.00 bits per heavy atom. The van der Waals surface area contributed by atoms with Crippen molar-refractivity contribution < 1.29 is 14.5 Å². The molecule has 144 valence electrons. The highest BCUT2D eigenvalue weighted by Gasteiger charge is 2.29. The van der Waals surface area contributed by atoms with Gasteiger partial charge in [-0.3, -0.25) is 19.8 Å². The molecule has 3 rings (SSSR count). The van der Waals surface area contributed by atoms with Crippen LogP contribution in [-0.2, 0) is 11.4 Å². The van der Waals surface area contributed by atoms with Gasteiger partial charge in [-0.15, -0.1) is 0 Å². The zero-order valence-corrected chi connectivity index (χ0v) is 17.2. The van der Waals surface area contributed by atoms with E-state index in [1.165, 1.54) is 17.0 Å². The fraction of sp³-hybridized carbons (Fsp3) is 0.158. The first-order chi connectivity index (χ1) is 13.4. The van der Waals surface area contributed by atoms with Crippen LogP contribution in [0.1, 0.15) is 18.1 Å². The van der Waals surface area contributed by atoms with Crippen molar-refractivity contribution in [2.24, 2.45) is 0 Å². The van der Waals surface area contributed by atoms with Crippen molar-refractivity contribution in [3.8, 4) is 5.75 Å². The molecule has 0 aromatic heterocycles. The average Bonchev–Trinajstić information content (AvgIpc) is 2.94. The van der Waals surface area contributed by atoms with E-state index in [-0.39, 0.29) is 18.2 Å². The SMILES string of the molecule is CCN1C(=O)/C(=C/c2cc(Br)ccc2OCc2ccc([N+](=O)[O-])cc2)NC1=S. The van der Waals surface area contributed by atoms with Gasteiger partial charge in [0.25, 0.3) is 11.6 Å². The third kappa shape index (κ3) is 4.37. The lowest BCUT2D eigenvalue weighted by Crippen LogP contribution is -2.30. The van der Waals surface area contributed by atoms with E-state index in [9.17, 15) is 14.9 Å². The average molecular weight is 462 g/mol. The van der Waals surface area contributed by atoms with Crippen LogP contribution in [0.5, 0.6) is 5.75 Å². The first kappa shape index (κ1) is 20.0. The lowest BCUT2D eigenvalue weighted by Gasteiger charge is -2.11. The van der Waals surface area contributed by atoms with E-state index in [2.05, 4.69) is 21.2 Å². The molecule has 0 saturated carbocycles. The number of nitro benzene ring substituents is 1. The maximum Gasteiger partial charge on any atom is 0.276 e. The minimum atomic E-state index is -0.445. The molecule has 9 heteroatoms. The fourth-order valence-corrected chi connectivity index (χ4v) is 3.35. The summed E-state index contributed by atoms with van der Waals surface area (Å²) in [5.74, 6) is 0.387. The number of rotatable bonds is 6. The number of carbonyl (C=O) groups excluding carboxylic acids is 1. The summed E-state index contributed by atoms with van der Waals surface area (Å²) in [6.07, 6.45) is 1.69. The van der Waals surface area contributed by atoms with Crippen LogP contribution < -0.4 is 10.1 Å². The van der Waals surface area contributed by atoms with Crippen molar-refractivity contribution >= 4 is 50.9 Å². The van der Waals surface area contributed by atoms with Crippen molar-refractivity contribution in [3.63, 3.8) is 0 Å². The van der Waals surface area contributed by atoms with E-state index in [4.69, 9.17) is 17.0 Å². The number of likely N-dealkylation sites (N-methyl/N-ethyl adjacent to an activating group) is 1. The summed E-state index contributed by atoms with van der Waals surface area (Å²) < 4.78 is 6.72. The summed E-state index contributed by atoms with van der Waals surface area (Å²) >= 11 is 8.60. The Morgan fingerprint density at radius 1 is 1.29 bits per heavy atom. The van der Waals surface area contributed by atoms with Crippen LogP contribution in [0.2, 0.25) is 0 Å². The summed E-state index contributed by atoms with van der Waals surface area (Å²) in [7, 11) is 0. The maximum absolute atomic E-state index is 12.4. The van der Waals surface area contributed by atoms with Crippen LogP contribution in [0.3, 0.4) is 0 Å². The molecule has 2 aromatic carbocycles. The zero-order chi connectivity index (χ0) is 20.3. The van der Waals surface area contributed by atoms with Crippen LogP contribution in [0.4, 0.5) is 5.69 Å². The topological polar surface area (TPSA) is 84.7 Å². The van der Waals surface area contributed by atoms with Gasteiger partial charge in [0, 0.05) is 28.7 Å². The number of ether oxygens (including phenoxy) is 1. The van der Waals surface area contributed by atoms with Crippen LogP contribution >= 0.6 is 28.1 Å². The van der Waals surface area contributed by atoms with Gasteiger partial charge < -0.3 is 10.1 Å². The standard InChI is InChI=1S/C19H16BrN3O4S/c1-2-22-18(24)16(21-19(22)28)10-13-9-14(20)5-8-17(13)27-11-12-3-6-15(7-4-12)23(25)26/h3-10H,2,11H2,1H3,(H,21,28)/b16-10-. The van der Waals surface area contributed by atoms with Gasteiger partial charge in [-0.2, -0.15) is 0 Å². The summed E-state index contributed by atoms with van der Waals surface area (Å²) in [5.41, 5.74) is 1.90. The number of thiocarbonyl (C=S) groups is 1. The molecule has 0 radical (unpaired) electrons. The minimum absolute atomic E-state index is 0.0279. The predicted octanol–water partition coefficient (Wildman–Crippen LogP) is 4.01. The van der Waals surface area contributed by atoms with E-state index in [0.29, 0.717) is 28.7 Å². The molecule has 0 aliphatic carbocycles. The highest BCUT2D eigenvalue weighted by molar-refractivity contribution is 9.10. The summed E-state index contributed by atoms with van der Waals surface area (Å²) in [6.45, 7) is 2.58. The molecule has 1 N–H and O–H groups in total. The van der Waals surface area contributed by atoms with Gasteiger partial charge in [-0.1, -0.05) is 15.9 Å². The number of halogens is 1. The third-order valence-corrected chi connectivity index (χ3v) is 4.91. The van der Waals surface area contributed by atoms with Crippen molar-refractivity contribution in [3.05, 3.63) is 73.9 Å². The van der Waals surface area contributed by atoms with Crippen molar-refractivity contribution in [2.45, 2.75) is 13.5 Å². The summed E-state index contributed by atoms with van der Waals surface area (Å²) in [6, 6.07) is 11.6. The van der Waals surface area contributed by atoms with Gasteiger partial charge in [0.2, 0.25) is 0 Å². The quantitative estimate of drug-likeness (QED) is 0.302. The highest BCUT2D eigenvalue weighted by Crippen LogP contribution is 2.27. The molecule has 2 aromatic rings. The first-order valence-electron chi connectivity index (χ1n) is 8.39. The predicted molar refractivity (Wildman–Crippen MR) is 113 cm³/mol. The largest absolute Gasteiger partial charge is 0.488 e. The lowest BCUT2D eigenvalue weighted by atomic mass is 10.1. The normalized spacial score (nSPS) is 15.1. The number of carbonyl (C=O) groups is 1. The van der Waals surface area contributed by atoms with Crippen molar-refractivity contribution in [1.29, 1.82) is 0 Å². The molecular weight excluding hydrogens is 446 g/mol. The molecule has 1 aliphatic heterocycles. The number of hydrogen-bond donors (Lipinski definition) is 1. The summed E-state index contributed by atoms with van der Waals surface area (Å²) in [5, 5.41) is 14.0. The molecule has 0 bridgehead atoms. The first-order valence-corrected chi connectivity index (χ1v) is 9.59. The van der Waals surface area contributed by atoms with Gasteiger partial charge in [0.15, 0.2) is 5.11 Å². The third-order valence-electron chi connectivity index (χ3n) is 4.09.